The van der Waals surface area contributed by atoms with Gasteiger partial charge >= 0.3 is 0 Å². The molecule has 0 bridgehead atoms. The van der Waals surface area contributed by atoms with Crippen LogP contribution in [0.25, 0.3) is 23.0 Å². The highest BCUT2D eigenvalue weighted by atomic mass is 35.5. The summed E-state index contributed by atoms with van der Waals surface area (Å²) in [6, 6.07) is 16.4. The number of anilines is 1. The predicted molar refractivity (Wildman–Crippen MR) is 125 cm³/mol. The Morgan fingerprint density at radius 2 is 1.80 bits per heavy atom. The summed E-state index contributed by atoms with van der Waals surface area (Å²) in [6.07, 6.45) is 5.05. The fourth-order valence-corrected chi connectivity index (χ4v) is 3.50. The van der Waals surface area contributed by atoms with Crippen LogP contribution in [0.4, 0.5) is 5.82 Å². The molecule has 150 valence electrons. The highest BCUT2D eigenvalue weighted by Crippen LogP contribution is 2.33. The Morgan fingerprint density at radius 1 is 1.03 bits per heavy atom. The third-order valence-electron chi connectivity index (χ3n) is 4.58. The van der Waals surface area contributed by atoms with Gasteiger partial charge in [-0.25, -0.2) is 4.98 Å². The number of pyridine rings is 1. The topological polar surface area (TPSA) is 46.4 Å². The Morgan fingerprint density at radius 3 is 2.53 bits per heavy atom. The van der Waals surface area contributed by atoms with E-state index in [4.69, 9.17) is 39.8 Å². The van der Waals surface area contributed by atoms with Crippen molar-refractivity contribution in [1.29, 1.82) is 0 Å². The summed E-state index contributed by atoms with van der Waals surface area (Å²) in [5, 5.41) is 4.46. The van der Waals surface area contributed by atoms with Gasteiger partial charge in [0.15, 0.2) is 0 Å². The third kappa shape index (κ3) is 4.21. The van der Waals surface area contributed by atoms with E-state index >= 15 is 0 Å². The first kappa shape index (κ1) is 20.5. The summed E-state index contributed by atoms with van der Waals surface area (Å²) < 4.78 is 1.85. The van der Waals surface area contributed by atoms with Crippen molar-refractivity contribution in [3.63, 3.8) is 0 Å². The second-order valence-corrected chi connectivity index (χ2v) is 7.95. The molecule has 0 unspecified atom stereocenters. The highest BCUT2D eigenvalue weighted by molar-refractivity contribution is 6.42. The molecule has 0 aliphatic rings. The second-order valence-electron chi connectivity index (χ2n) is 6.70. The third-order valence-corrected chi connectivity index (χ3v) is 5.57. The molecule has 4 nitrogen and oxygen atoms in total. The first-order valence-corrected chi connectivity index (χ1v) is 10.2. The molecule has 1 amide bonds. The van der Waals surface area contributed by atoms with Gasteiger partial charge in [0.1, 0.15) is 17.2 Å². The fourth-order valence-electron chi connectivity index (χ4n) is 3.07. The van der Waals surface area contributed by atoms with Gasteiger partial charge in [-0.05, 0) is 54.5 Å². The number of nitrogens with zero attached hydrogens (tertiary/aromatic N) is 2. The molecule has 4 rings (SSSR count). The van der Waals surface area contributed by atoms with Gasteiger partial charge in [-0.2, -0.15) is 0 Å². The van der Waals surface area contributed by atoms with Crippen molar-refractivity contribution in [2.24, 2.45) is 0 Å². The Balaban J connectivity index is 1.73. The van der Waals surface area contributed by atoms with Crippen molar-refractivity contribution in [3.05, 3.63) is 93.1 Å². The van der Waals surface area contributed by atoms with E-state index in [1.165, 1.54) is 6.08 Å². The Bertz CT molecular complexity index is 1280. The van der Waals surface area contributed by atoms with E-state index in [0.717, 1.165) is 22.3 Å². The number of rotatable bonds is 4. The minimum atomic E-state index is -0.283. The van der Waals surface area contributed by atoms with E-state index in [0.29, 0.717) is 26.6 Å². The first-order chi connectivity index (χ1) is 14.4. The number of nitrogens with one attached hydrogen (secondary N) is 1. The zero-order valence-corrected chi connectivity index (χ0v) is 18.1. The molecule has 0 fully saturated rings. The van der Waals surface area contributed by atoms with Crippen LogP contribution in [0.2, 0.25) is 15.1 Å². The van der Waals surface area contributed by atoms with Gasteiger partial charge in [-0.1, -0.05) is 59.1 Å². The summed E-state index contributed by atoms with van der Waals surface area (Å²) in [7, 11) is 0. The number of halogens is 3. The van der Waals surface area contributed by atoms with Crippen LogP contribution in [0.5, 0.6) is 0 Å². The number of benzene rings is 2. The van der Waals surface area contributed by atoms with Crippen molar-refractivity contribution in [1.82, 2.24) is 9.38 Å². The first-order valence-electron chi connectivity index (χ1n) is 9.10. The largest absolute Gasteiger partial charge is 0.306 e. The lowest BCUT2D eigenvalue weighted by Gasteiger charge is -2.07. The van der Waals surface area contributed by atoms with Crippen LogP contribution in [0, 0.1) is 6.92 Å². The Hall–Kier alpha value is -2.79. The molecule has 30 heavy (non-hydrogen) atoms. The van der Waals surface area contributed by atoms with Crippen LogP contribution in [0.1, 0.15) is 11.1 Å². The number of hydrogen-bond donors (Lipinski definition) is 1. The van der Waals surface area contributed by atoms with E-state index in [2.05, 4.69) is 5.32 Å². The molecular weight excluding hydrogens is 441 g/mol. The second kappa shape index (κ2) is 8.52. The predicted octanol–water partition coefficient (Wildman–Crippen LogP) is 6.92. The number of carbonyl (C=O) groups excluding carboxylic acids is 1. The number of fused-ring (bicyclic) bond motifs is 1. The van der Waals surface area contributed by atoms with Crippen LogP contribution in [0.3, 0.4) is 0 Å². The van der Waals surface area contributed by atoms with Gasteiger partial charge in [0.25, 0.3) is 0 Å². The minimum Gasteiger partial charge on any atom is -0.306 e. The minimum absolute atomic E-state index is 0.283. The lowest BCUT2D eigenvalue weighted by molar-refractivity contribution is -0.111. The number of hydrogen-bond acceptors (Lipinski definition) is 2. The summed E-state index contributed by atoms with van der Waals surface area (Å²) in [6.45, 7) is 1.97. The van der Waals surface area contributed by atoms with Crippen LogP contribution in [-0.2, 0) is 4.79 Å². The maximum atomic E-state index is 12.7. The van der Waals surface area contributed by atoms with Crippen LogP contribution in [-0.4, -0.2) is 15.3 Å². The normalized spacial score (nSPS) is 11.3. The SMILES string of the molecule is Cc1cccn2c(NC(=O)/C=C/c3ccc(Cl)cc3)c(-c3ccc(Cl)c(Cl)c3)nc12. The molecule has 1 N–H and O–H groups in total. The van der Waals surface area contributed by atoms with Crippen LogP contribution >= 0.6 is 34.8 Å². The average molecular weight is 457 g/mol. The van der Waals surface area contributed by atoms with Crippen LogP contribution in [0.15, 0.2) is 66.9 Å². The molecule has 2 aromatic heterocycles. The lowest BCUT2D eigenvalue weighted by atomic mass is 10.1. The maximum absolute atomic E-state index is 12.7. The van der Waals surface area contributed by atoms with Gasteiger partial charge in [-0.15, -0.1) is 0 Å². The van der Waals surface area contributed by atoms with Crippen molar-refractivity contribution in [2.75, 3.05) is 5.32 Å². The number of aromatic nitrogens is 2. The average Bonchev–Trinajstić information content (AvgIpc) is 3.09. The zero-order valence-electron chi connectivity index (χ0n) is 15.9. The molecule has 0 saturated heterocycles. The quantitative estimate of drug-likeness (QED) is 0.339. The van der Waals surface area contributed by atoms with Gasteiger partial charge in [0.05, 0.1) is 10.0 Å². The monoisotopic (exact) mass is 455 g/mol. The number of amides is 1. The smallest absolute Gasteiger partial charge is 0.249 e. The molecule has 0 radical (unpaired) electrons. The van der Waals surface area contributed by atoms with Gasteiger partial charge in [0.2, 0.25) is 5.91 Å². The van der Waals surface area contributed by atoms with Crippen molar-refractivity contribution in [2.45, 2.75) is 6.92 Å². The fraction of sp³-hybridized carbons (Fsp3) is 0.0435. The van der Waals surface area contributed by atoms with Crippen molar-refractivity contribution in [3.8, 4) is 11.3 Å². The molecular formula is C23H16Cl3N3O. The Labute approximate surface area is 188 Å². The molecule has 2 aromatic carbocycles. The van der Waals surface area contributed by atoms with Crippen LogP contribution < -0.4 is 5.32 Å². The standard InChI is InChI=1S/C23H16Cl3N3O/c1-14-3-2-12-29-22(14)28-21(16-7-10-18(25)19(26)13-16)23(29)27-20(30)11-6-15-4-8-17(24)9-5-15/h2-13H,1H3,(H,27,30)/b11-6+. The number of carbonyl (C=O) groups is 1. The molecule has 7 heteroatoms. The van der Waals surface area contributed by atoms with Gasteiger partial charge in [-0.3, -0.25) is 9.20 Å². The molecule has 0 aliphatic heterocycles. The summed E-state index contributed by atoms with van der Waals surface area (Å²) >= 11 is 18.2. The summed E-state index contributed by atoms with van der Waals surface area (Å²) in [5.74, 6) is 0.271. The van der Waals surface area contributed by atoms with E-state index in [-0.39, 0.29) is 5.91 Å². The van der Waals surface area contributed by atoms with E-state index in [1.807, 2.05) is 47.9 Å². The Kier molecular flexibility index (Phi) is 5.82. The number of imidazole rings is 1. The highest BCUT2D eigenvalue weighted by Gasteiger charge is 2.17. The summed E-state index contributed by atoms with van der Waals surface area (Å²) in [4.78, 5) is 17.4. The van der Waals surface area contributed by atoms with E-state index in [1.54, 1.807) is 30.3 Å². The van der Waals surface area contributed by atoms with Crippen molar-refractivity contribution >= 4 is 58.3 Å². The van der Waals surface area contributed by atoms with Gasteiger partial charge in [0, 0.05) is 22.9 Å². The summed E-state index contributed by atoms with van der Waals surface area (Å²) in [5.41, 5.74) is 3.96. The van der Waals surface area contributed by atoms with E-state index in [9.17, 15) is 4.79 Å². The van der Waals surface area contributed by atoms with Gasteiger partial charge < -0.3 is 5.32 Å². The molecule has 0 spiro atoms. The zero-order chi connectivity index (χ0) is 21.3. The maximum Gasteiger partial charge on any atom is 0.249 e. The molecule has 4 aromatic rings. The molecule has 0 aliphatic carbocycles. The number of aryl methyl sites for hydroxylation is 1. The van der Waals surface area contributed by atoms with E-state index < -0.39 is 0 Å². The molecule has 2 heterocycles. The molecule has 0 saturated carbocycles. The lowest BCUT2D eigenvalue weighted by Crippen LogP contribution is -2.10. The molecule has 0 atom stereocenters. The van der Waals surface area contributed by atoms with Crippen molar-refractivity contribution < 1.29 is 4.79 Å².